The molecule has 99 heavy (non-hydrogen) atoms. The Labute approximate surface area is 607 Å². The number of phosphoric acid groups is 2. The zero-order valence-electron chi connectivity index (χ0n) is 65.0. The molecule has 0 aromatic rings. The van der Waals surface area contributed by atoms with Crippen molar-refractivity contribution >= 4 is 39.5 Å². The molecular formula is C80H156O17P2. The average Bonchev–Trinajstić information content (AvgIpc) is 1.01. The molecular weight excluding hydrogens is 1290 g/mol. The molecule has 0 saturated carbocycles. The van der Waals surface area contributed by atoms with Crippen molar-refractivity contribution in [2.24, 2.45) is 17.8 Å². The van der Waals surface area contributed by atoms with Crippen molar-refractivity contribution in [3.8, 4) is 0 Å². The number of rotatable bonds is 78. The molecule has 19 heteroatoms. The number of aliphatic hydroxyl groups is 1. The Morgan fingerprint density at radius 3 is 0.768 bits per heavy atom. The smallest absolute Gasteiger partial charge is 0.462 e. The van der Waals surface area contributed by atoms with E-state index in [0.29, 0.717) is 25.7 Å². The molecule has 0 aliphatic carbocycles. The molecule has 0 bridgehead atoms. The lowest BCUT2D eigenvalue weighted by molar-refractivity contribution is -0.161. The third kappa shape index (κ3) is 71.5. The Kier molecular flexibility index (Phi) is 69.0. The normalized spacial score (nSPS) is 14.5. The zero-order chi connectivity index (χ0) is 73.0. The molecule has 4 unspecified atom stereocenters. The highest BCUT2D eigenvalue weighted by Crippen LogP contribution is 2.45. The van der Waals surface area contributed by atoms with E-state index in [1.165, 1.54) is 225 Å². The first-order valence-electron chi connectivity index (χ1n) is 41.4. The van der Waals surface area contributed by atoms with Crippen molar-refractivity contribution < 1.29 is 80.2 Å². The van der Waals surface area contributed by atoms with Gasteiger partial charge in [0, 0.05) is 25.7 Å². The van der Waals surface area contributed by atoms with E-state index < -0.39 is 97.5 Å². The van der Waals surface area contributed by atoms with Crippen LogP contribution in [0.15, 0.2) is 0 Å². The summed E-state index contributed by atoms with van der Waals surface area (Å²) in [6, 6.07) is 0. The maximum absolute atomic E-state index is 13.1. The second-order valence-electron chi connectivity index (χ2n) is 29.8. The van der Waals surface area contributed by atoms with Gasteiger partial charge in [-0.2, -0.15) is 0 Å². The lowest BCUT2D eigenvalue weighted by Crippen LogP contribution is -2.30. The van der Waals surface area contributed by atoms with Gasteiger partial charge in [-0.05, 0) is 43.4 Å². The third-order valence-corrected chi connectivity index (χ3v) is 21.3. The van der Waals surface area contributed by atoms with Crippen molar-refractivity contribution in [2.45, 2.75) is 433 Å². The van der Waals surface area contributed by atoms with Crippen LogP contribution in [0.25, 0.3) is 0 Å². The molecule has 0 fully saturated rings. The third-order valence-electron chi connectivity index (χ3n) is 19.4. The second-order valence-corrected chi connectivity index (χ2v) is 32.7. The van der Waals surface area contributed by atoms with E-state index in [0.717, 1.165) is 108 Å². The van der Waals surface area contributed by atoms with E-state index in [1.807, 2.05) is 0 Å². The van der Waals surface area contributed by atoms with Crippen molar-refractivity contribution in [1.29, 1.82) is 0 Å². The van der Waals surface area contributed by atoms with E-state index in [1.54, 1.807) is 0 Å². The van der Waals surface area contributed by atoms with Gasteiger partial charge in [0.2, 0.25) is 0 Å². The average molecular weight is 1450 g/mol. The van der Waals surface area contributed by atoms with Gasteiger partial charge >= 0.3 is 39.5 Å². The molecule has 0 saturated heterocycles. The van der Waals surface area contributed by atoms with Crippen LogP contribution in [0, 0.1) is 17.8 Å². The fourth-order valence-corrected chi connectivity index (χ4v) is 13.8. The Bertz CT molecular complexity index is 1930. The van der Waals surface area contributed by atoms with Crippen LogP contribution in [0.3, 0.4) is 0 Å². The number of unbranched alkanes of at least 4 members (excludes halogenated alkanes) is 44. The fraction of sp³-hybridized carbons (Fsp3) is 0.950. The van der Waals surface area contributed by atoms with Crippen LogP contribution in [0.1, 0.15) is 414 Å². The van der Waals surface area contributed by atoms with Crippen LogP contribution >= 0.6 is 15.6 Å². The minimum absolute atomic E-state index is 0.106. The largest absolute Gasteiger partial charge is 0.472 e. The SMILES string of the molecule is CCCCCCCCCCCCC(=O)OC[C@H](COP(=O)(O)OC[C@H](O)COP(=O)(O)OC[C@@H](COC(=O)CCCCCCCCCCCCCCCCC(C)C)OC(=O)CCCCCCCCCCCCCCCCC(C)CC)OC(=O)CCCCCCCCCCCCC(C)CC. The predicted molar refractivity (Wildman–Crippen MR) is 405 cm³/mol. The summed E-state index contributed by atoms with van der Waals surface area (Å²) in [4.78, 5) is 73.0. The topological polar surface area (TPSA) is 237 Å². The number of esters is 4. The molecule has 7 atom stereocenters. The first kappa shape index (κ1) is 97.1. The maximum atomic E-state index is 13.1. The molecule has 0 aromatic heterocycles. The molecule has 0 aliphatic heterocycles. The van der Waals surface area contributed by atoms with E-state index in [9.17, 15) is 43.2 Å². The molecule has 0 amide bonds. The predicted octanol–water partition coefficient (Wildman–Crippen LogP) is 23.7. The molecule has 3 N–H and O–H groups in total. The fourth-order valence-electron chi connectivity index (χ4n) is 12.2. The number of ether oxygens (including phenoxy) is 4. The molecule has 17 nitrogen and oxygen atoms in total. The molecule has 0 aromatic carbocycles. The van der Waals surface area contributed by atoms with Gasteiger partial charge in [-0.25, -0.2) is 9.13 Å². The highest BCUT2D eigenvalue weighted by molar-refractivity contribution is 7.47. The first-order valence-corrected chi connectivity index (χ1v) is 44.4. The number of hydrogen-bond acceptors (Lipinski definition) is 15. The van der Waals surface area contributed by atoms with Crippen molar-refractivity contribution in [3.63, 3.8) is 0 Å². The van der Waals surface area contributed by atoms with E-state index in [-0.39, 0.29) is 25.7 Å². The first-order chi connectivity index (χ1) is 47.8. The Hall–Kier alpha value is -1.94. The number of phosphoric ester groups is 2. The number of carbonyl (C=O) groups is 4. The van der Waals surface area contributed by atoms with Crippen molar-refractivity contribution in [2.75, 3.05) is 39.6 Å². The molecule has 0 heterocycles. The summed E-state index contributed by atoms with van der Waals surface area (Å²) in [7, 11) is -9.92. The summed E-state index contributed by atoms with van der Waals surface area (Å²) in [6.45, 7) is 12.0. The number of aliphatic hydroxyl groups excluding tert-OH is 1. The van der Waals surface area contributed by atoms with Crippen molar-refractivity contribution in [1.82, 2.24) is 0 Å². The summed E-state index contributed by atoms with van der Waals surface area (Å²) in [6.07, 6.45) is 58.0. The number of carbonyl (C=O) groups excluding carboxylic acids is 4. The van der Waals surface area contributed by atoms with Gasteiger partial charge in [0.25, 0.3) is 0 Å². The molecule has 0 aliphatic rings. The second kappa shape index (κ2) is 70.4. The summed E-state index contributed by atoms with van der Waals surface area (Å²) in [5.41, 5.74) is 0. The highest BCUT2D eigenvalue weighted by atomic mass is 31.2. The van der Waals surface area contributed by atoms with Crippen molar-refractivity contribution in [3.05, 3.63) is 0 Å². The maximum Gasteiger partial charge on any atom is 0.472 e. The van der Waals surface area contributed by atoms with Gasteiger partial charge in [-0.3, -0.25) is 37.3 Å². The van der Waals surface area contributed by atoms with Crippen LogP contribution in [-0.4, -0.2) is 96.7 Å². The van der Waals surface area contributed by atoms with Gasteiger partial charge in [0.05, 0.1) is 26.4 Å². The monoisotopic (exact) mass is 1450 g/mol. The molecule has 0 radical (unpaired) electrons. The standard InChI is InChI=1S/C80H156O17P2/c1-8-11-12-13-14-15-33-40-47-54-61-77(82)90-67-75(97-80(85)64-57-50-43-36-29-28-32-39-46-53-60-73(7)10-3)69-94-98(86,87)92-65-74(81)66-93-99(88,89)95-70-76(68-91-78(83)62-55-48-41-34-26-22-18-16-20-24-30-37-44-51-58-71(4)5)96-79(84)63-56-49-42-35-27-23-19-17-21-25-31-38-45-52-59-72(6)9-2/h71-76,81H,8-70H2,1-7H3,(H,86,87)(H,88,89)/t72?,73?,74-,75+,76+/m0/s1. The van der Waals surface area contributed by atoms with Crippen LogP contribution in [0.4, 0.5) is 0 Å². The summed E-state index contributed by atoms with van der Waals surface area (Å²) in [5, 5.41) is 10.6. The summed E-state index contributed by atoms with van der Waals surface area (Å²) < 4.78 is 68.7. The lowest BCUT2D eigenvalue weighted by Gasteiger charge is -2.21. The van der Waals surface area contributed by atoms with Gasteiger partial charge in [0.15, 0.2) is 12.2 Å². The van der Waals surface area contributed by atoms with E-state index in [4.69, 9.17) is 37.0 Å². The minimum atomic E-state index is -4.96. The van der Waals surface area contributed by atoms with Gasteiger partial charge in [0.1, 0.15) is 19.3 Å². The highest BCUT2D eigenvalue weighted by Gasteiger charge is 2.30. The van der Waals surface area contributed by atoms with Crippen LogP contribution in [0.5, 0.6) is 0 Å². The van der Waals surface area contributed by atoms with Gasteiger partial charge < -0.3 is 33.8 Å². The Morgan fingerprint density at radius 2 is 0.515 bits per heavy atom. The molecule has 0 rings (SSSR count). The van der Waals surface area contributed by atoms with E-state index in [2.05, 4.69) is 48.5 Å². The van der Waals surface area contributed by atoms with Crippen LogP contribution < -0.4 is 0 Å². The molecule has 588 valence electrons. The molecule has 0 spiro atoms. The quantitative estimate of drug-likeness (QED) is 0.0222. The Balaban J connectivity index is 5.25. The zero-order valence-corrected chi connectivity index (χ0v) is 66.8. The van der Waals surface area contributed by atoms with Gasteiger partial charge in [-0.15, -0.1) is 0 Å². The number of hydrogen-bond donors (Lipinski definition) is 3. The summed E-state index contributed by atoms with van der Waals surface area (Å²) >= 11 is 0. The Morgan fingerprint density at radius 1 is 0.293 bits per heavy atom. The van der Waals surface area contributed by atoms with E-state index >= 15 is 0 Å². The van der Waals surface area contributed by atoms with Gasteiger partial charge in [-0.1, -0.05) is 363 Å². The summed E-state index contributed by atoms with van der Waals surface area (Å²) in [5.74, 6) is 0.337. The van der Waals surface area contributed by atoms with Crippen LogP contribution in [-0.2, 0) is 65.4 Å². The lowest BCUT2D eigenvalue weighted by atomic mass is 9.99. The minimum Gasteiger partial charge on any atom is -0.462 e. The van der Waals surface area contributed by atoms with Crippen LogP contribution in [0.2, 0.25) is 0 Å².